The maximum atomic E-state index is 13.4. The first kappa shape index (κ1) is 22.0. The number of halogens is 2. The third-order valence-electron chi connectivity index (χ3n) is 2.96. The first-order valence-corrected chi connectivity index (χ1v) is 8.72. The van der Waals surface area contributed by atoms with Crippen molar-refractivity contribution in [2.75, 3.05) is 24.7 Å². The van der Waals surface area contributed by atoms with E-state index in [1.807, 2.05) is 0 Å². The molecule has 1 aromatic rings. The molecule has 1 rings (SSSR count). The Hall–Kier alpha value is -2.09. The molecule has 0 aliphatic rings. The van der Waals surface area contributed by atoms with Crippen LogP contribution in [0.15, 0.2) is 15.8 Å². The largest absolute Gasteiger partial charge is 0.770 e. The quantitative estimate of drug-likeness (QED) is 0.299. The number of carbonyl (C=O) groups excluding carboxylic acids is 1. The lowest BCUT2D eigenvalue weighted by atomic mass is 10.4. The predicted molar refractivity (Wildman–Crippen MR) is 92.4 cm³/mol. The highest BCUT2D eigenvalue weighted by atomic mass is 35.5. The first-order valence-electron chi connectivity index (χ1n) is 7.13. The number of nitrogens with zero attached hydrogens (tertiary/aromatic N) is 2. The summed E-state index contributed by atoms with van der Waals surface area (Å²) < 4.78 is 14.3. The second kappa shape index (κ2) is 10.8. The molecule has 1 aromatic heterocycles. The fraction of sp³-hybridized carbons (Fsp3) is 0.500. The molecule has 0 aliphatic heterocycles. The monoisotopic (exact) mass is 412 g/mol. The molecular formula is C12H16ClFN5O6S-. The number of H-pyrrole nitrogens is 1. The fourth-order valence-electron chi connectivity index (χ4n) is 1.82. The number of thioether (sulfide) groups is 1. The number of urea groups is 1. The summed E-state index contributed by atoms with van der Waals surface area (Å²) >= 11 is 6.24. The van der Waals surface area contributed by atoms with Crippen molar-refractivity contribution in [2.45, 2.75) is 11.8 Å². The van der Waals surface area contributed by atoms with E-state index in [1.165, 1.54) is 5.59 Å². The number of nitrogens with one attached hydrogen (secondary N) is 3. The number of aromatic nitrogens is 2. The highest BCUT2D eigenvalue weighted by Crippen LogP contribution is 2.24. The van der Waals surface area contributed by atoms with E-state index >= 15 is 0 Å². The average Bonchev–Trinajstić information content (AvgIpc) is 2.58. The molecule has 14 heteroatoms. The maximum Gasteiger partial charge on any atom is 0.330 e. The van der Waals surface area contributed by atoms with Crippen molar-refractivity contribution in [3.63, 3.8) is 0 Å². The zero-order valence-corrected chi connectivity index (χ0v) is 14.8. The topological polar surface area (TPSA) is 160 Å². The summed E-state index contributed by atoms with van der Waals surface area (Å²) in [5.74, 6) is -2.75. The molecule has 1 heterocycles. The van der Waals surface area contributed by atoms with Crippen LogP contribution in [0.3, 0.4) is 0 Å². The van der Waals surface area contributed by atoms with E-state index in [-0.39, 0.29) is 25.4 Å². The van der Waals surface area contributed by atoms with Gasteiger partial charge in [0.1, 0.15) is 0 Å². The van der Waals surface area contributed by atoms with Gasteiger partial charge < -0.3 is 21.2 Å². The molecule has 4 N–H and O–H groups in total. The number of aromatic amines is 1. The Labute approximate surface area is 155 Å². The lowest BCUT2D eigenvalue weighted by molar-refractivity contribution is -0.133. The van der Waals surface area contributed by atoms with Crippen molar-refractivity contribution in [2.24, 2.45) is 0 Å². The molecule has 0 aliphatic carbocycles. The van der Waals surface area contributed by atoms with Crippen LogP contribution in [0, 0.1) is 11.0 Å². The second-order valence-corrected chi connectivity index (χ2v) is 6.30. The highest BCUT2D eigenvalue weighted by molar-refractivity contribution is 7.99. The summed E-state index contributed by atoms with van der Waals surface area (Å²) in [7, 11) is 0. The van der Waals surface area contributed by atoms with E-state index in [2.05, 4.69) is 5.32 Å². The summed E-state index contributed by atoms with van der Waals surface area (Å²) in [5, 5.41) is 21.6. The summed E-state index contributed by atoms with van der Waals surface area (Å²) in [6, 6.07) is -0.775. The number of carbonyl (C=O) groups is 2. The van der Waals surface area contributed by atoms with E-state index in [0.717, 1.165) is 16.3 Å². The number of carboxylic acids is 1. The molecule has 146 valence electrons. The van der Waals surface area contributed by atoms with Crippen LogP contribution in [-0.2, 0) is 4.79 Å². The van der Waals surface area contributed by atoms with Crippen LogP contribution in [0.2, 0.25) is 0 Å². The van der Waals surface area contributed by atoms with Gasteiger partial charge in [-0.1, -0.05) is 0 Å². The minimum absolute atomic E-state index is 0.0165. The normalized spacial score (nSPS) is 11.8. The summed E-state index contributed by atoms with van der Waals surface area (Å²) in [5.41, 5.74) is -0.721. The number of hydrogen-bond acceptors (Lipinski definition) is 7. The van der Waals surface area contributed by atoms with E-state index in [4.69, 9.17) is 16.7 Å². The van der Waals surface area contributed by atoms with Crippen molar-refractivity contribution in [3.8, 4) is 0 Å². The molecule has 11 nitrogen and oxygen atoms in total. The number of aliphatic carboxylic acids is 1. The van der Waals surface area contributed by atoms with Gasteiger partial charge in [0.15, 0.2) is 0 Å². The molecule has 0 saturated carbocycles. The van der Waals surface area contributed by atoms with Crippen molar-refractivity contribution < 1.29 is 19.1 Å². The molecule has 1 unspecified atom stereocenters. The van der Waals surface area contributed by atoms with Crippen LogP contribution in [0.25, 0.3) is 0 Å². The van der Waals surface area contributed by atoms with Gasteiger partial charge in [0.05, 0.1) is 23.9 Å². The average molecular weight is 413 g/mol. The molecule has 0 aromatic carbocycles. The van der Waals surface area contributed by atoms with Gasteiger partial charge in [0, 0.05) is 12.4 Å². The van der Waals surface area contributed by atoms with Gasteiger partial charge in [-0.05, 0) is 6.42 Å². The van der Waals surface area contributed by atoms with Gasteiger partial charge >= 0.3 is 17.7 Å². The van der Waals surface area contributed by atoms with Crippen LogP contribution < -0.4 is 22.2 Å². The SMILES string of the molecule is O=C(O)CSC(CCNC(=O)N(CCCl)N[O-])n1cc(F)c(=O)[nH]c1=O. The van der Waals surface area contributed by atoms with Crippen molar-refractivity contribution in [1.82, 2.24) is 25.5 Å². The Bertz CT molecular complexity index is 744. The Balaban J connectivity index is 2.83. The lowest BCUT2D eigenvalue weighted by Gasteiger charge is -2.26. The van der Waals surface area contributed by atoms with Crippen molar-refractivity contribution in [3.05, 3.63) is 38.1 Å². The smallest absolute Gasteiger partial charge is 0.330 e. The Kier molecular flexibility index (Phi) is 9.12. The number of carboxylic acid groups (broad SMARTS) is 1. The van der Waals surface area contributed by atoms with Gasteiger partial charge in [-0.15, -0.1) is 23.4 Å². The summed E-state index contributed by atoms with van der Waals surface area (Å²) in [6.45, 7) is -0.123. The minimum Gasteiger partial charge on any atom is -0.770 e. The Morgan fingerprint density at radius 2 is 2.19 bits per heavy atom. The molecule has 0 radical (unpaired) electrons. The van der Waals surface area contributed by atoms with E-state index in [9.17, 15) is 28.8 Å². The number of hydrazine groups is 1. The van der Waals surface area contributed by atoms with Gasteiger partial charge in [-0.25, -0.2) is 9.59 Å². The number of amides is 2. The number of rotatable bonds is 10. The second-order valence-electron chi connectivity index (χ2n) is 4.76. The number of hydrogen-bond donors (Lipinski definition) is 4. The molecule has 0 bridgehead atoms. The number of alkyl halides is 1. The zero-order chi connectivity index (χ0) is 19.7. The van der Waals surface area contributed by atoms with Crippen molar-refractivity contribution in [1.29, 1.82) is 0 Å². The molecule has 2 amide bonds. The first-order chi connectivity index (χ1) is 12.3. The zero-order valence-electron chi connectivity index (χ0n) is 13.2. The highest BCUT2D eigenvalue weighted by Gasteiger charge is 2.18. The van der Waals surface area contributed by atoms with Crippen LogP contribution in [0.4, 0.5) is 9.18 Å². The molecule has 26 heavy (non-hydrogen) atoms. The summed E-state index contributed by atoms with van der Waals surface area (Å²) in [4.78, 5) is 47.2. The van der Waals surface area contributed by atoms with Gasteiger partial charge in [0.25, 0.3) is 5.56 Å². The fourth-order valence-corrected chi connectivity index (χ4v) is 2.92. The third kappa shape index (κ3) is 6.67. The lowest BCUT2D eigenvalue weighted by Crippen LogP contribution is -2.47. The van der Waals surface area contributed by atoms with Crippen molar-refractivity contribution >= 4 is 35.4 Å². The van der Waals surface area contributed by atoms with Crippen LogP contribution in [-0.4, -0.2) is 56.4 Å². The van der Waals surface area contributed by atoms with E-state index < -0.39 is 40.2 Å². The van der Waals surface area contributed by atoms with Gasteiger partial charge in [0.2, 0.25) is 5.82 Å². The molecule has 0 fully saturated rings. The van der Waals surface area contributed by atoms with Crippen LogP contribution in [0.1, 0.15) is 11.8 Å². The minimum atomic E-state index is -1.21. The molecule has 0 saturated heterocycles. The van der Waals surface area contributed by atoms with Crippen LogP contribution >= 0.6 is 23.4 Å². The van der Waals surface area contributed by atoms with Gasteiger partial charge in [-0.2, -0.15) is 4.39 Å². The molecular weight excluding hydrogens is 397 g/mol. The van der Waals surface area contributed by atoms with E-state index in [0.29, 0.717) is 11.2 Å². The van der Waals surface area contributed by atoms with E-state index in [1.54, 1.807) is 4.98 Å². The summed E-state index contributed by atoms with van der Waals surface area (Å²) in [6.07, 6.45) is 0.685. The standard InChI is InChI=1S/C12H16ClFN5O6S/c13-2-4-19(17-25)11(23)15-3-1-8(26-6-9(20)21)18-5-7(14)10(22)16-12(18)24/h5,8,17H,1-4,6H2,(H,15,23)(H,20,21)(H,16,22,24)/q-1. The maximum absolute atomic E-state index is 13.4. The third-order valence-corrected chi connectivity index (χ3v) is 4.40. The predicted octanol–water partition coefficient (Wildman–Crippen LogP) is -0.365. The molecule has 1 atom stereocenters. The molecule has 0 spiro atoms. The van der Waals surface area contributed by atoms with Crippen LogP contribution in [0.5, 0.6) is 0 Å². The Morgan fingerprint density at radius 3 is 2.77 bits per heavy atom. The Morgan fingerprint density at radius 1 is 1.50 bits per heavy atom. The van der Waals surface area contributed by atoms with Gasteiger partial charge in [-0.3, -0.25) is 24.1 Å².